The van der Waals surface area contributed by atoms with Gasteiger partial charge in [-0.1, -0.05) is 76.9 Å². The molecule has 1 aliphatic rings. The lowest BCUT2D eigenvalue weighted by atomic mass is 10.0. The maximum atomic E-state index is 12.6. The first-order chi connectivity index (χ1) is 17.3. The molecule has 1 aliphatic heterocycles. The molecule has 0 radical (unpaired) electrons. The Kier molecular flexibility index (Phi) is 14.2. The van der Waals surface area contributed by atoms with E-state index >= 15 is 0 Å². The van der Waals surface area contributed by atoms with E-state index in [2.05, 4.69) is 99.1 Å². The topological polar surface area (TPSA) is 23.6 Å². The van der Waals surface area contributed by atoms with Gasteiger partial charge in [-0.25, -0.2) is 0 Å². The van der Waals surface area contributed by atoms with E-state index in [4.69, 9.17) is 0 Å². The normalized spacial score (nSPS) is 15.8. The number of carbonyl (C=O) groups is 1. The Morgan fingerprint density at radius 1 is 0.667 bits per heavy atom. The van der Waals surface area contributed by atoms with Crippen molar-refractivity contribution in [1.29, 1.82) is 0 Å². The van der Waals surface area contributed by atoms with E-state index < -0.39 is 0 Å². The van der Waals surface area contributed by atoms with Crippen LogP contribution in [0.25, 0.3) is 0 Å². The molecule has 3 heteroatoms. The van der Waals surface area contributed by atoms with Gasteiger partial charge in [0.25, 0.3) is 0 Å². The Morgan fingerprint density at radius 3 is 1.64 bits per heavy atom. The third-order valence-electron chi connectivity index (χ3n) is 6.98. The monoisotopic (exact) mass is 490 g/mol. The van der Waals surface area contributed by atoms with Crippen LogP contribution in [0.15, 0.2) is 76.9 Å². The highest BCUT2D eigenvalue weighted by Gasteiger charge is 2.20. The van der Waals surface area contributed by atoms with Gasteiger partial charge >= 0.3 is 0 Å². The summed E-state index contributed by atoms with van der Waals surface area (Å²) in [5.41, 5.74) is 7.14. The highest BCUT2D eigenvalue weighted by molar-refractivity contribution is 5.76. The largest absolute Gasteiger partial charge is 0.340 e. The molecule has 0 aliphatic carbocycles. The van der Waals surface area contributed by atoms with Crippen LogP contribution in [0.2, 0.25) is 0 Å². The molecule has 0 N–H and O–H groups in total. The van der Waals surface area contributed by atoms with E-state index in [9.17, 15) is 4.79 Å². The first-order valence-electron chi connectivity index (χ1n) is 14.0. The van der Waals surface area contributed by atoms with Crippen LogP contribution in [-0.4, -0.2) is 41.9 Å². The summed E-state index contributed by atoms with van der Waals surface area (Å²) in [6.07, 6.45) is 17.7. The van der Waals surface area contributed by atoms with Crippen molar-refractivity contribution >= 4 is 5.91 Å². The molecule has 0 atom stereocenters. The molecule has 1 amide bonds. The molecular weight excluding hydrogens is 440 g/mol. The molecule has 0 unspecified atom stereocenters. The molecule has 1 heterocycles. The Hall–Kier alpha value is -2.39. The molecule has 1 aromatic carbocycles. The Bertz CT molecular complexity index is 895. The summed E-state index contributed by atoms with van der Waals surface area (Å²) in [5, 5.41) is 0. The number of allylic oxidation sites excluding steroid dienone is 8. The summed E-state index contributed by atoms with van der Waals surface area (Å²) in [7, 11) is 0. The van der Waals surface area contributed by atoms with Crippen LogP contribution >= 0.6 is 0 Å². The van der Waals surface area contributed by atoms with Crippen LogP contribution in [0.4, 0.5) is 0 Å². The zero-order valence-corrected chi connectivity index (χ0v) is 23.7. The van der Waals surface area contributed by atoms with Gasteiger partial charge in [0.2, 0.25) is 5.91 Å². The molecular formula is C33H50N2O. The molecule has 0 saturated carbocycles. The molecule has 1 fully saturated rings. The zero-order valence-electron chi connectivity index (χ0n) is 23.7. The fraction of sp³-hybridized carbons (Fsp3) is 0.545. The molecule has 0 bridgehead atoms. The minimum Gasteiger partial charge on any atom is -0.340 e. The third kappa shape index (κ3) is 13.1. The molecule has 0 spiro atoms. The standard InChI is InChI=1S/C33H50N2O/c1-28(2)13-9-14-29(3)15-10-16-30(4)17-11-18-31(5)19-12-22-33(36)35-25-23-34(24-26-35)27-32-20-7-6-8-21-32/h6-8,13,15,17,19-21H,9-12,14,16,18,22-27H2,1-5H3/b29-15+,30-17+,31-19+. The van der Waals surface area contributed by atoms with E-state index in [0.29, 0.717) is 12.3 Å². The van der Waals surface area contributed by atoms with Crippen molar-refractivity contribution in [2.45, 2.75) is 92.5 Å². The second kappa shape index (κ2) is 17.1. The molecule has 3 nitrogen and oxygen atoms in total. The maximum Gasteiger partial charge on any atom is 0.222 e. The van der Waals surface area contributed by atoms with Gasteiger partial charge in [-0.15, -0.1) is 0 Å². The van der Waals surface area contributed by atoms with Crippen LogP contribution in [0, 0.1) is 0 Å². The first-order valence-corrected chi connectivity index (χ1v) is 14.0. The Morgan fingerprint density at radius 2 is 1.14 bits per heavy atom. The average Bonchev–Trinajstić information content (AvgIpc) is 2.85. The van der Waals surface area contributed by atoms with Crippen molar-refractivity contribution in [2.24, 2.45) is 0 Å². The van der Waals surface area contributed by atoms with Crippen LogP contribution < -0.4 is 0 Å². The number of piperazine rings is 1. The van der Waals surface area contributed by atoms with Crippen molar-refractivity contribution < 1.29 is 4.79 Å². The van der Waals surface area contributed by atoms with Gasteiger partial charge in [0, 0.05) is 39.1 Å². The van der Waals surface area contributed by atoms with Gasteiger partial charge in [-0.3, -0.25) is 9.69 Å². The van der Waals surface area contributed by atoms with Crippen LogP contribution in [-0.2, 0) is 11.3 Å². The van der Waals surface area contributed by atoms with Crippen molar-refractivity contribution in [3.8, 4) is 0 Å². The van der Waals surface area contributed by atoms with Crippen molar-refractivity contribution in [1.82, 2.24) is 9.80 Å². The molecule has 198 valence electrons. The Balaban J connectivity index is 1.58. The third-order valence-corrected chi connectivity index (χ3v) is 6.98. The zero-order chi connectivity index (χ0) is 26.2. The van der Waals surface area contributed by atoms with Gasteiger partial charge < -0.3 is 4.90 Å². The van der Waals surface area contributed by atoms with Gasteiger partial charge in [0.1, 0.15) is 0 Å². The number of benzene rings is 1. The smallest absolute Gasteiger partial charge is 0.222 e. The maximum absolute atomic E-state index is 12.6. The fourth-order valence-corrected chi connectivity index (χ4v) is 4.58. The summed E-state index contributed by atoms with van der Waals surface area (Å²) in [4.78, 5) is 17.1. The van der Waals surface area contributed by atoms with Crippen molar-refractivity contribution in [3.05, 3.63) is 82.5 Å². The van der Waals surface area contributed by atoms with E-state index in [1.807, 2.05) is 0 Å². The van der Waals surface area contributed by atoms with Crippen LogP contribution in [0.3, 0.4) is 0 Å². The summed E-state index contributed by atoms with van der Waals surface area (Å²) in [5.74, 6) is 0.304. The average molecular weight is 491 g/mol. The number of amides is 1. The van der Waals surface area contributed by atoms with Gasteiger partial charge in [0.15, 0.2) is 0 Å². The van der Waals surface area contributed by atoms with Gasteiger partial charge in [-0.2, -0.15) is 0 Å². The lowest BCUT2D eigenvalue weighted by molar-refractivity contribution is -0.132. The van der Waals surface area contributed by atoms with E-state index in [0.717, 1.165) is 71.2 Å². The summed E-state index contributed by atoms with van der Waals surface area (Å²) in [6, 6.07) is 10.6. The molecule has 0 aromatic heterocycles. The second-order valence-electron chi connectivity index (χ2n) is 10.7. The quantitative estimate of drug-likeness (QED) is 0.245. The summed E-state index contributed by atoms with van der Waals surface area (Å²) >= 11 is 0. The highest BCUT2D eigenvalue weighted by atomic mass is 16.2. The van der Waals surface area contributed by atoms with Crippen LogP contribution in [0.1, 0.15) is 91.5 Å². The number of carbonyl (C=O) groups excluding carboxylic acids is 1. The molecule has 2 rings (SSSR count). The highest BCUT2D eigenvalue weighted by Crippen LogP contribution is 2.15. The Labute approximate surface area is 221 Å². The lowest BCUT2D eigenvalue weighted by Gasteiger charge is -2.34. The summed E-state index contributed by atoms with van der Waals surface area (Å²) in [6.45, 7) is 15.6. The number of nitrogens with zero attached hydrogens (tertiary/aromatic N) is 2. The van der Waals surface area contributed by atoms with Gasteiger partial charge in [0.05, 0.1) is 0 Å². The number of hydrogen-bond acceptors (Lipinski definition) is 2. The predicted molar refractivity (Wildman–Crippen MR) is 156 cm³/mol. The molecule has 1 saturated heterocycles. The minimum absolute atomic E-state index is 0.304. The summed E-state index contributed by atoms with van der Waals surface area (Å²) < 4.78 is 0. The SMILES string of the molecule is CC(C)=CCC/C(C)=C/CC/C(C)=C/CC/C(C)=C/CCC(=O)N1CCN(Cc2ccccc2)CC1. The minimum atomic E-state index is 0.304. The molecule has 36 heavy (non-hydrogen) atoms. The van der Waals surface area contributed by atoms with E-state index in [-0.39, 0.29) is 0 Å². The van der Waals surface area contributed by atoms with Crippen LogP contribution in [0.5, 0.6) is 0 Å². The fourth-order valence-electron chi connectivity index (χ4n) is 4.58. The number of rotatable bonds is 14. The van der Waals surface area contributed by atoms with Crippen molar-refractivity contribution in [2.75, 3.05) is 26.2 Å². The second-order valence-corrected chi connectivity index (χ2v) is 10.7. The first kappa shape index (κ1) is 29.8. The number of hydrogen-bond donors (Lipinski definition) is 0. The van der Waals surface area contributed by atoms with E-state index in [1.165, 1.54) is 34.3 Å². The van der Waals surface area contributed by atoms with Crippen molar-refractivity contribution in [3.63, 3.8) is 0 Å². The lowest BCUT2D eigenvalue weighted by Crippen LogP contribution is -2.48. The van der Waals surface area contributed by atoms with E-state index in [1.54, 1.807) is 0 Å². The van der Waals surface area contributed by atoms with Gasteiger partial charge in [-0.05, 0) is 85.1 Å². The predicted octanol–water partition coefficient (Wildman–Crippen LogP) is 8.26. The molecule has 1 aromatic rings.